The second-order valence-corrected chi connectivity index (χ2v) is 6.95. The summed E-state index contributed by atoms with van der Waals surface area (Å²) < 4.78 is 9.51. The van der Waals surface area contributed by atoms with Crippen LogP contribution in [0, 0.1) is 0 Å². The Morgan fingerprint density at radius 3 is 2.73 bits per heavy atom. The molecule has 0 unspecified atom stereocenters. The largest absolute Gasteiger partial charge is 0.443 e. The van der Waals surface area contributed by atoms with E-state index >= 15 is 0 Å². The molecule has 0 aliphatic carbocycles. The molecular formula is C16H16BrN3O2. The first-order chi connectivity index (χ1) is 10.3. The molecule has 3 aromatic rings. The summed E-state index contributed by atoms with van der Waals surface area (Å²) in [6.07, 6.45) is 4.90. The predicted octanol–water partition coefficient (Wildman–Crippen LogP) is 4.37. The monoisotopic (exact) mass is 361 g/mol. The van der Waals surface area contributed by atoms with E-state index in [1.807, 2.05) is 51.2 Å². The number of fused-ring (bicyclic) bond motifs is 1. The van der Waals surface area contributed by atoms with E-state index in [1.165, 1.54) is 4.57 Å². The van der Waals surface area contributed by atoms with Crippen LogP contribution in [0.2, 0.25) is 0 Å². The molecule has 2 heterocycles. The zero-order valence-electron chi connectivity index (χ0n) is 12.6. The minimum Gasteiger partial charge on any atom is -0.443 e. The van der Waals surface area contributed by atoms with E-state index in [-0.39, 0.29) is 0 Å². The number of carbonyl (C=O) groups excluding carboxylic acids is 1. The smallest absolute Gasteiger partial charge is 0.418 e. The molecule has 3 rings (SSSR count). The van der Waals surface area contributed by atoms with Gasteiger partial charge in [-0.2, -0.15) is 5.10 Å². The highest BCUT2D eigenvalue weighted by Crippen LogP contribution is 2.20. The molecule has 0 aliphatic heterocycles. The maximum Gasteiger partial charge on any atom is 0.418 e. The second-order valence-electron chi connectivity index (χ2n) is 6.03. The van der Waals surface area contributed by atoms with E-state index in [4.69, 9.17) is 4.74 Å². The third kappa shape index (κ3) is 3.06. The number of halogens is 1. The van der Waals surface area contributed by atoms with Gasteiger partial charge in [-0.05, 0) is 45.0 Å². The Hall–Kier alpha value is -2.08. The maximum absolute atomic E-state index is 12.0. The van der Waals surface area contributed by atoms with Gasteiger partial charge < -0.3 is 4.74 Å². The molecule has 2 aromatic heterocycles. The first-order valence-electron chi connectivity index (χ1n) is 6.88. The molecule has 0 spiro atoms. The maximum atomic E-state index is 12.0. The Bertz CT molecular complexity index is 843. The normalized spacial score (nSPS) is 11.8. The molecule has 0 bridgehead atoms. The molecule has 0 saturated heterocycles. The molecule has 0 fully saturated rings. The van der Waals surface area contributed by atoms with E-state index in [9.17, 15) is 4.79 Å². The van der Waals surface area contributed by atoms with Crippen molar-refractivity contribution < 1.29 is 9.53 Å². The van der Waals surface area contributed by atoms with Gasteiger partial charge in [0.1, 0.15) is 5.60 Å². The van der Waals surface area contributed by atoms with Gasteiger partial charge in [0.05, 0.1) is 11.2 Å². The average molecular weight is 362 g/mol. The molecule has 0 radical (unpaired) electrons. The number of benzene rings is 1. The SMILES string of the molecule is CC(C)(C)OC(=O)n1ccc(-n2cc3cc(Br)ccc3n2)c1. The lowest BCUT2D eigenvalue weighted by molar-refractivity contribution is 0.0537. The van der Waals surface area contributed by atoms with Crippen LogP contribution >= 0.6 is 15.9 Å². The highest BCUT2D eigenvalue weighted by Gasteiger charge is 2.18. The lowest BCUT2D eigenvalue weighted by atomic mass is 10.2. The van der Waals surface area contributed by atoms with Crippen molar-refractivity contribution in [2.75, 3.05) is 0 Å². The molecule has 114 valence electrons. The summed E-state index contributed by atoms with van der Waals surface area (Å²) >= 11 is 3.45. The summed E-state index contributed by atoms with van der Waals surface area (Å²) in [5.74, 6) is 0. The quantitative estimate of drug-likeness (QED) is 0.646. The zero-order valence-corrected chi connectivity index (χ0v) is 14.2. The third-order valence-electron chi connectivity index (χ3n) is 3.01. The number of ether oxygens (including phenoxy) is 1. The van der Waals surface area contributed by atoms with Crippen molar-refractivity contribution in [2.24, 2.45) is 0 Å². The van der Waals surface area contributed by atoms with Crippen LogP contribution in [0.15, 0.2) is 47.3 Å². The summed E-state index contributed by atoms with van der Waals surface area (Å²) in [7, 11) is 0. The van der Waals surface area contributed by atoms with Crippen molar-refractivity contribution in [1.82, 2.24) is 14.3 Å². The van der Waals surface area contributed by atoms with Crippen LogP contribution in [0.4, 0.5) is 4.79 Å². The first-order valence-corrected chi connectivity index (χ1v) is 7.68. The summed E-state index contributed by atoms with van der Waals surface area (Å²) in [5.41, 5.74) is 1.18. The van der Waals surface area contributed by atoms with Crippen molar-refractivity contribution in [3.8, 4) is 5.69 Å². The molecule has 1 aromatic carbocycles. The molecular weight excluding hydrogens is 346 g/mol. The van der Waals surface area contributed by atoms with E-state index < -0.39 is 11.7 Å². The number of aromatic nitrogens is 3. The molecule has 0 atom stereocenters. The Morgan fingerprint density at radius 2 is 2.00 bits per heavy atom. The minimum atomic E-state index is -0.520. The molecule has 0 aliphatic rings. The van der Waals surface area contributed by atoms with Gasteiger partial charge in [-0.1, -0.05) is 15.9 Å². The average Bonchev–Trinajstić information content (AvgIpc) is 3.02. The molecule has 22 heavy (non-hydrogen) atoms. The number of carbonyl (C=O) groups is 1. The van der Waals surface area contributed by atoms with Crippen LogP contribution in [0.3, 0.4) is 0 Å². The third-order valence-corrected chi connectivity index (χ3v) is 3.51. The fourth-order valence-electron chi connectivity index (χ4n) is 2.08. The number of hydrogen-bond acceptors (Lipinski definition) is 3. The number of rotatable bonds is 1. The number of nitrogens with zero attached hydrogens (tertiary/aromatic N) is 3. The molecule has 5 nitrogen and oxygen atoms in total. The van der Waals surface area contributed by atoms with Gasteiger partial charge in [-0.3, -0.25) is 4.57 Å². The van der Waals surface area contributed by atoms with Crippen molar-refractivity contribution in [2.45, 2.75) is 26.4 Å². The number of hydrogen-bond donors (Lipinski definition) is 0. The van der Waals surface area contributed by atoms with Crippen LogP contribution in [0.5, 0.6) is 0 Å². The fraction of sp³-hybridized carbons (Fsp3) is 0.250. The van der Waals surface area contributed by atoms with Gasteiger partial charge in [0.25, 0.3) is 0 Å². The second kappa shape index (κ2) is 5.28. The van der Waals surface area contributed by atoms with E-state index in [1.54, 1.807) is 17.1 Å². The van der Waals surface area contributed by atoms with Gasteiger partial charge in [-0.15, -0.1) is 0 Å². The lowest BCUT2D eigenvalue weighted by Crippen LogP contribution is -2.26. The van der Waals surface area contributed by atoms with Gasteiger partial charge in [0, 0.05) is 28.4 Å². The van der Waals surface area contributed by atoms with Gasteiger partial charge in [0.15, 0.2) is 0 Å². The summed E-state index contributed by atoms with van der Waals surface area (Å²) in [6, 6.07) is 7.72. The van der Waals surface area contributed by atoms with E-state index in [0.717, 1.165) is 21.1 Å². The molecule has 0 amide bonds. The van der Waals surface area contributed by atoms with Crippen LogP contribution in [0.25, 0.3) is 16.6 Å². The Balaban J connectivity index is 1.90. The molecule has 0 N–H and O–H groups in total. The minimum absolute atomic E-state index is 0.404. The Kier molecular flexibility index (Phi) is 3.56. The Morgan fingerprint density at radius 1 is 1.23 bits per heavy atom. The first kappa shape index (κ1) is 14.8. The summed E-state index contributed by atoms with van der Waals surface area (Å²) in [5, 5.41) is 5.53. The Labute approximate surface area is 136 Å². The highest BCUT2D eigenvalue weighted by atomic mass is 79.9. The topological polar surface area (TPSA) is 49.0 Å². The predicted molar refractivity (Wildman–Crippen MR) is 88.4 cm³/mol. The van der Waals surface area contributed by atoms with Gasteiger partial charge >= 0.3 is 6.09 Å². The van der Waals surface area contributed by atoms with Crippen LogP contribution in [-0.4, -0.2) is 26.0 Å². The fourth-order valence-corrected chi connectivity index (χ4v) is 2.46. The van der Waals surface area contributed by atoms with E-state index in [2.05, 4.69) is 21.0 Å². The van der Waals surface area contributed by atoms with E-state index in [0.29, 0.717) is 0 Å². The van der Waals surface area contributed by atoms with Gasteiger partial charge in [-0.25, -0.2) is 9.48 Å². The van der Waals surface area contributed by atoms with Crippen LogP contribution in [0.1, 0.15) is 20.8 Å². The lowest BCUT2D eigenvalue weighted by Gasteiger charge is -2.19. The standard InChI is InChI=1S/C16H16BrN3O2/c1-16(2,3)22-15(21)19-7-6-13(10-19)20-9-11-8-12(17)4-5-14(11)18-20/h4-10H,1-3H3. The van der Waals surface area contributed by atoms with Crippen LogP contribution < -0.4 is 0 Å². The highest BCUT2D eigenvalue weighted by molar-refractivity contribution is 9.10. The van der Waals surface area contributed by atoms with Crippen LogP contribution in [-0.2, 0) is 4.74 Å². The van der Waals surface area contributed by atoms with Crippen molar-refractivity contribution in [3.63, 3.8) is 0 Å². The van der Waals surface area contributed by atoms with Crippen molar-refractivity contribution in [3.05, 3.63) is 47.3 Å². The summed E-state index contributed by atoms with van der Waals surface area (Å²) in [4.78, 5) is 12.0. The molecule has 0 saturated carbocycles. The van der Waals surface area contributed by atoms with Crippen molar-refractivity contribution in [1.29, 1.82) is 0 Å². The zero-order chi connectivity index (χ0) is 15.9. The molecule has 6 heteroatoms. The summed E-state index contributed by atoms with van der Waals surface area (Å²) in [6.45, 7) is 5.52. The van der Waals surface area contributed by atoms with Crippen molar-refractivity contribution >= 4 is 32.9 Å². The van der Waals surface area contributed by atoms with Gasteiger partial charge in [0.2, 0.25) is 0 Å².